The molecule has 1 rings (SSSR count). The highest BCUT2D eigenvalue weighted by Crippen LogP contribution is 2.28. The van der Waals surface area contributed by atoms with Gasteiger partial charge in [0.05, 0.1) is 0 Å². The van der Waals surface area contributed by atoms with Gasteiger partial charge in [-0.2, -0.15) is 4.39 Å². The molecule has 0 saturated heterocycles. The van der Waals surface area contributed by atoms with Crippen LogP contribution < -0.4 is 0 Å². The summed E-state index contributed by atoms with van der Waals surface area (Å²) >= 11 is 1.11. The molecule has 15 heavy (non-hydrogen) atoms. The quantitative estimate of drug-likeness (QED) is 0.586. The van der Waals surface area contributed by atoms with Gasteiger partial charge in [-0.3, -0.25) is 0 Å². The van der Waals surface area contributed by atoms with Gasteiger partial charge in [0.15, 0.2) is 11.6 Å². The first kappa shape index (κ1) is 12.4. The molecule has 0 radical (unpaired) electrons. The number of aromatic nitrogens is 1. The minimum Gasteiger partial charge on any atom is -0.208 e. The Hall–Kier alpha value is -0.710. The minimum absolute atomic E-state index is 0.0879. The average Bonchev–Trinajstić information content (AvgIpc) is 2.13. The van der Waals surface area contributed by atoms with Crippen LogP contribution >= 0.6 is 11.8 Å². The first-order valence-electron chi connectivity index (χ1n) is 4.60. The highest BCUT2D eigenvalue weighted by molar-refractivity contribution is 7.99. The lowest BCUT2D eigenvalue weighted by molar-refractivity contribution is 0.447. The van der Waals surface area contributed by atoms with Crippen LogP contribution in [0.2, 0.25) is 0 Å². The lowest BCUT2D eigenvalue weighted by Gasteiger charge is -2.14. The van der Waals surface area contributed by atoms with E-state index in [4.69, 9.17) is 0 Å². The number of rotatable bonds is 3. The Morgan fingerprint density at radius 1 is 1.13 bits per heavy atom. The Bertz CT molecular complexity index is 355. The molecule has 1 nitrogen and oxygen atoms in total. The van der Waals surface area contributed by atoms with Crippen LogP contribution in [0.1, 0.15) is 20.8 Å². The second-order valence-corrected chi connectivity index (χ2v) is 4.98. The van der Waals surface area contributed by atoms with Crippen LogP contribution in [0.5, 0.6) is 0 Å². The zero-order valence-electron chi connectivity index (χ0n) is 8.72. The van der Waals surface area contributed by atoms with Crippen molar-refractivity contribution in [3.8, 4) is 0 Å². The van der Waals surface area contributed by atoms with Crippen LogP contribution in [-0.4, -0.2) is 10.2 Å². The second-order valence-electron chi connectivity index (χ2n) is 3.61. The van der Waals surface area contributed by atoms with Gasteiger partial charge in [-0.05, 0) is 5.92 Å². The molecule has 0 aliphatic carbocycles. The summed E-state index contributed by atoms with van der Waals surface area (Å²) in [5, 5.41) is 0.00645. The molecular weight excluding hydrogens is 223 g/mol. The molecule has 1 atom stereocenters. The van der Waals surface area contributed by atoms with Crippen molar-refractivity contribution in [2.24, 2.45) is 5.92 Å². The molecule has 1 heterocycles. The van der Waals surface area contributed by atoms with E-state index in [1.165, 1.54) is 0 Å². The fourth-order valence-corrected chi connectivity index (χ4v) is 1.75. The first-order valence-corrected chi connectivity index (χ1v) is 5.48. The standard InChI is InChI=1S/C10H12F3NS/c1-5(2)6(3)15-10-8(12)4-7(11)9(13)14-10/h4-6H,1-3H3. The van der Waals surface area contributed by atoms with Crippen molar-refractivity contribution in [2.45, 2.75) is 31.0 Å². The van der Waals surface area contributed by atoms with Crippen LogP contribution in [0.25, 0.3) is 0 Å². The molecule has 0 saturated carbocycles. The van der Waals surface area contributed by atoms with E-state index < -0.39 is 17.6 Å². The summed E-state index contributed by atoms with van der Waals surface area (Å²) in [7, 11) is 0. The van der Waals surface area contributed by atoms with Crippen molar-refractivity contribution in [2.75, 3.05) is 0 Å². The number of thioether (sulfide) groups is 1. The number of halogens is 3. The maximum atomic E-state index is 13.2. The van der Waals surface area contributed by atoms with Crippen LogP contribution in [0.4, 0.5) is 13.2 Å². The van der Waals surface area contributed by atoms with Crippen molar-refractivity contribution in [1.82, 2.24) is 4.98 Å². The lowest BCUT2D eigenvalue weighted by atomic mass is 10.2. The number of hydrogen-bond donors (Lipinski definition) is 0. The third-order valence-corrected chi connectivity index (χ3v) is 3.52. The van der Waals surface area contributed by atoms with Gasteiger partial charge in [0.25, 0.3) is 0 Å². The zero-order valence-corrected chi connectivity index (χ0v) is 9.54. The monoisotopic (exact) mass is 235 g/mol. The number of hydrogen-bond acceptors (Lipinski definition) is 2. The van der Waals surface area contributed by atoms with E-state index in [9.17, 15) is 13.2 Å². The molecular formula is C10H12F3NS. The summed E-state index contributed by atoms with van der Waals surface area (Å²) in [6.45, 7) is 5.82. The molecule has 1 unspecified atom stereocenters. The van der Waals surface area contributed by atoms with Crippen LogP contribution in [-0.2, 0) is 0 Å². The summed E-state index contributed by atoms with van der Waals surface area (Å²) in [4.78, 5) is 3.24. The third-order valence-electron chi connectivity index (χ3n) is 2.09. The molecule has 0 N–H and O–H groups in total. The number of nitrogens with zero attached hydrogens (tertiary/aromatic N) is 1. The Kier molecular flexibility index (Phi) is 4.02. The summed E-state index contributed by atoms with van der Waals surface area (Å²) in [5.74, 6) is -3.01. The van der Waals surface area contributed by atoms with Crippen molar-refractivity contribution in [3.05, 3.63) is 23.6 Å². The van der Waals surface area contributed by atoms with Gasteiger partial charge in [-0.15, -0.1) is 0 Å². The van der Waals surface area contributed by atoms with Crippen molar-refractivity contribution >= 4 is 11.8 Å². The largest absolute Gasteiger partial charge is 0.250 e. The molecule has 0 fully saturated rings. The molecule has 1 aromatic rings. The third kappa shape index (κ3) is 3.12. The molecule has 0 aliphatic rings. The fraction of sp³-hybridized carbons (Fsp3) is 0.500. The maximum Gasteiger partial charge on any atom is 0.250 e. The Balaban J connectivity index is 2.91. The van der Waals surface area contributed by atoms with E-state index in [1.54, 1.807) is 0 Å². The van der Waals surface area contributed by atoms with E-state index in [0.717, 1.165) is 11.8 Å². The topological polar surface area (TPSA) is 12.9 Å². The predicted molar refractivity (Wildman–Crippen MR) is 54.3 cm³/mol. The van der Waals surface area contributed by atoms with Crippen LogP contribution in [0, 0.1) is 23.5 Å². The average molecular weight is 235 g/mol. The predicted octanol–water partition coefficient (Wildman–Crippen LogP) is 3.64. The normalized spacial score (nSPS) is 13.3. The van der Waals surface area contributed by atoms with E-state index in [-0.39, 0.29) is 10.3 Å². The first-order chi connectivity index (χ1) is 6.91. The molecule has 1 aromatic heterocycles. The summed E-state index contributed by atoms with van der Waals surface area (Å²) in [6, 6.07) is 0.526. The molecule has 0 spiro atoms. The molecule has 5 heteroatoms. The van der Waals surface area contributed by atoms with Gasteiger partial charge in [-0.1, -0.05) is 32.5 Å². The van der Waals surface area contributed by atoms with E-state index in [0.29, 0.717) is 12.0 Å². The van der Waals surface area contributed by atoms with Gasteiger partial charge in [0, 0.05) is 11.3 Å². The smallest absolute Gasteiger partial charge is 0.208 e. The Labute approximate surface area is 91.1 Å². The van der Waals surface area contributed by atoms with Gasteiger partial charge in [0.2, 0.25) is 5.95 Å². The molecule has 0 aliphatic heterocycles. The van der Waals surface area contributed by atoms with E-state index >= 15 is 0 Å². The Morgan fingerprint density at radius 3 is 2.27 bits per heavy atom. The zero-order chi connectivity index (χ0) is 11.6. The van der Waals surface area contributed by atoms with Gasteiger partial charge in [-0.25, -0.2) is 13.8 Å². The second kappa shape index (κ2) is 4.88. The van der Waals surface area contributed by atoms with Crippen LogP contribution in [0.3, 0.4) is 0 Å². The van der Waals surface area contributed by atoms with Gasteiger partial charge >= 0.3 is 0 Å². The Morgan fingerprint density at radius 2 is 1.73 bits per heavy atom. The van der Waals surface area contributed by atoms with Crippen molar-refractivity contribution < 1.29 is 13.2 Å². The summed E-state index contributed by atoms with van der Waals surface area (Å²) < 4.78 is 38.5. The molecule has 0 amide bonds. The van der Waals surface area contributed by atoms with Crippen molar-refractivity contribution in [3.63, 3.8) is 0 Å². The maximum absolute atomic E-state index is 13.2. The molecule has 84 valence electrons. The lowest BCUT2D eigenvalue weighted by Crippen LogP contribution is -2.07. The van der Waals surface area contributed by atoms with Gasteiger partial charge < -0.3 is 0 Å². The van der Waals surface area contributed by atoms with Crippen molar-refractivity contribution in [1.29, 1.82) is 0 Å². The summed E-state index contributed by atoms with van der Waals surface area (Å²) in [6.07, 6.45) is 0. The van der Waals surface area contributed by atoms with E-state index in [2.05, 4.69) is 4.98 Å². The van der Waals surface area contributed by atoms with Gasteiger partial charge in [0.1, 0.15) is 5.03 Å². The van der Waals surface area contributed by atoms with Crippen LogP contribution in [0.15, 0.2) is 11.1 Å². The highest BCUT2D eigenvalue weighted by atomic mass is 32.2. The molecule has 0 aromatic carbocycles. The summed E-state index contributed by atoms with van der Waals surface area (Å²) in [5.41, 5.74) is 0. The molecule has 0 bridgehead atoms. The SMILES string of the molecule is CC(C)C(C)Sc1nc(F)c(F)cc1F. The fourth-order valence-electron chi connectivity index (χ4n) is 0.823. The minimum atomic E-state index is -1.26. The van der Waals surface area contributed by atoms with E-state index in [1.807, 2.05) is 20.8 Å². The number of pyridine rings is 1. The highest BCUT2D eigenvalue weighted by Gasteiger charge is 2.16.